The van der Waals surface area contributed by atoms with Crippen molar-refractivity contribution in [2.45, 2.75) is 0 Å². The minimum absolute atomic E-state index is 0.395. The fraction of sp³-hybridized carbons (Fsp3) is 0.133. The highest BCUT2D eigenvalue weighted by Gasteiger charge is 2.10. The molecule has 0 atom stereocenters. The highest BCUT2D eigenvalue weighted by molar-refractivity contribution is 5.91. The Labute approximate surface area is 106 Å². The van der Waals surface area contributed by atoms with Crippen molar-refractivity contribution in [1.29, 1.82) is 5.26 Å². The molecule has 0 saturated heterocycles. The van der Waals surface area contributed by atoms with Gasteiger partial charge in [-0.05, 0) is 23.6 Å². The van der Waals surface area contributed by atoms with Crippen LogP contribution in [0.4, 0.5) is 0 Å². The van der Waals surface area contributed by atoms with Gasteiger partial charge in [0.2, 0.25) is 0 Å². The molecule has 0 radical (unpaired) electrons. The van der Waals surface area contributed by atoms with E-state index >= 15 is 0 Å². The number of ether oxygens (including phenoxy) is 2. The Balaban J connectivity index is 2.66. The van der Waals surface area contributed by atoms with Gasteiger partial charge in [-0.1, -0.05) is 24.8 Å². The Morgan fingerprint density at radius 1 is 1.33 bits per heavy atom. The lowest BCUT2D eigenvalue weighted by atomic mass is 10.1. The molecule has 2 aromatic rings. The topological polar surface area (TPSA) is 42.2 Å². The van der Waals surface area contributed by atoms with Crippen LogP contribution in [0.1, 0.15) is 5.56 Å². The molecule has 0 spiro atoms. The van der Waals surface area contributed by atoms with Crippen LogP contribution >= 0.6 is 0 Å². The molecule has 0 aliphatic carbocycles. The third-order valence-corrected chi connectivity index (χ3v) is 2.63. The fourth-order valence-electron chi connectivity index (χ4n) is 1.79. The molecule has 0 heterocycles. The van der Waals surface area contributed by atoms with Gasteiger partial charge in [0.1, 0.15) is 6.61 Å². The van der Waals surface area contributed by atoms with Gasteiger partial charge in [-0.25, -0.2) is 0 Å². The summed E-state index contributed by atoms with van der Waals surface area (Å²) in [5, 5.41) is 10.8. The van der Waals surface area contributed by atoms with E-state index in [1.165, 1.54) is 0 Å². The van der Waals surface area contributed by atoms with Gasteiger partial charge in [-0.3, -0.25) is 0 Å². The van der Waals surface area contributed by atoms with E-state index in [0.717, 1.165) is 10.8 Å². The molecule has 2 aromatic carbocycles. The smallest absolute Gasteiger partial charge is 0.169 e. The molecule has 0 saturated carbocycles. The number of hydrogen-bond acceptors (Lipinski definition) is 3. The summed E-state index contributed by atoms with van der Waals surface area (Å²) in [6.45, 7) is 4.02. The van der Waals surface area contributed by atoms with Gasteiger partial charge in [-0.15, -0.1) is 0 Å². The van der Waals surface area contributed by atoms with Crippen molar-refractivity contribution < 1.29 is 9.47 Å². The second-order valence-electron chi connectivity index (χ2n) is 3.74. The Kier molecular flexibility index (Phi) is 3.49. The van der Waals surface area contributed by atoms with Gasteiger partial charge in [0.05, 0.1) is 18.7 Å². The van der Waals surface area contributed by atoms with Gasteiger partial charge in [0, 0.05) is 5.39 Å². The molecule has 0 aromatic heterocycles. The number of hydrogen-bond donors (Lipinski definition) is 0. The highest BCUT2D eigenvalue weighted by Crippen LogP contribution is 2.36. The lowest BCUT2D eigenvalue weighted by Crippen LogP contribution is -1.97. The summed E-state index contributed by atoms with van der Waals surface area (Å²) < 4.78 is 10.9. The number of methoxy groups -OCH3 is 1. The van der Waals surface area contributed by atoms with E-state index in [0.29, 0.717) is 23.7 Å². The zero-order valence-corrected chi connectivity index (χ0v) is 10.1. The molecule has 0 aliphatic rings. The summed E-state index contributed by atoms with van der Waals surface area (Å²) in [5.41, 5.74) is 0.596. The third-order valence-electron chi connectivity index (χ3n) is 2.63. The molecule has 0 N–H and O–H groups in total. The number of rotatable bonds is 4. The Morgan fingerprint density at radius 3 is 2.78 bits per heavy atom. The second kappa shape index (κ2) is 5.24. The summed E-state index contributed by atoms with van der Waals surface area (Å²) in [6.07, 6.45) is 1.67. The molecule has 0 amide bonds. The molecule has 0 aliphatic heterocycles. The predicted octanol–water partition coefficient (Wildman–Crippen LogP) is 3.28. The van der Waals surface area contributed by atoms with E-state index < -0.39 is 0 Å². The third kappa shape index (κ3) is 2.14. The van der Waals surface area contributed by atoms with Crippen LogP contribution in [0.2, 0.25) is 0 Å². The van der Waals surface area contributed by atoms with Crippen LogP contribution < -0.4 is 9.47 Å². The van der Waals surface area contributed by atoms with E-state index in [1.54, 1.807) is 25.3 Å². The standard InChI is InChI=1S/C15H13NO2/c1-3-8-18-15-13-9-11(10-16)4-5-12(13)6-7-14(15)17-2/h3-7,9H,1,8H2,2H3. The molecule has 0 bridgehead atoms. The second-order valence-corrected chi connectivity index (χ2v) is 3.74. The first-order chi connectivity index (χ1) is 8.80. The van der Waals surface area contributed by atoms with Crippen LogP contribution in [-0.4, -0.2) is 13.7 Å². The van der Waals surface area contributed by atoms with Gasteiger partial charge in [0.25, 0.3) is 0 Å². The number of nitriles is 1. The molecule has 0 unspecified atom stereocenters. The minimum atomic E-state index is 0.395. The van der Waals surface area contributed by atoms with Crippen molar-refractivity contribution in [3.05, 3.63) is 48.6 Å². The molecule has 0 fully saturated rings. The van der Waals surface area contributed by atoms with Crippen LogP contribution in [0, 0.1) is 11.3 Å². The van der Waals surface area contributed by atoms with Crippen LogP contribution in [0.15, 0.2) is 43.0 Å². The van der Waals surface area contributed by atoms with Gasteiger partial charge in [0.15, 0.2) is 11.5 Å². The van der Waals surface area contributed by atoms with E-state index in [-0.39, 0.29) is 0 Å². The molecule has 3 heteroatoms. The maximum absolute atomic E-state index is 8.95. The van der Waals surface area contributed by atoms with Crippen molar-refractivity contribution >= 4 is 10.8 Å². The maximum atomic E-state index is 8.95. The summed E-state index contributed by atoms with van der Waals surface area (Å²) in [4.78, 5) is 0. The molecule has 18 heavy (non-hydrogen) atoms. The van der Waals surface area contributed by atoms with Crippen LogP contribution in [0.25, 0.3) is 10.8 Å². The number of nitrogens with zero attached hydrogens (tertiary/aromatic N) is 1. The number of benzene rings is 2. The average Bonchev–Trinajstić information content (AvgIpc) is 2.43. The van der Waals surface area contributed by atoms with Crippen LogP contribution in [0.3, 0.4) is 0 Å². The fourth-order valence-corrected chi connectivity index (χ4v) is 1.79. The minimum Gasteiger partial charge on any atom is -0.493 e. The van der Waals surface area contributed by atoms with Gasteiger partial charge in [-0.2, -0.15) is 5.26 Å². The van der Waals surface area contributed by atoms with E-state index in [2.05, 4.69) is 12.6 Å². The normalized spacial score (nSPS) is 9.78. The van der Waals surface area contributed by atoms with Crippen molar-refractivity contribution in [3.63, 3.8) is 0 Å². The molecule has 3 nitrogen and oxygen atoms in total. The lowest BCUT2D eigenvalue weighted by Gasteiger charge is -2.12. The van der Waals surface area contributed by atoms with Crippen LogP contribution in [-0.2, 0) is 0 Å². The molecule has 90 valence electrons. The lowest BCUT2D eigenvalue weighted by molar-refractivity contribution is 0.330. The first kappa shape index (κ1) is 12.0. The van der Waals surface area contributed by atoms with Crippen LogP contribution in [0.5, 0.6) is 11.5 Å². The monoisotopic (exact) mass is 239 g/mol. The number of fused-ring (bicyclic) bond motifs is 1. The van der Waals surface area contributed by atoms with E-state index in [4.69, 9.17) is 14.7 Å². The summed E-state index contributed by atoms with van der Waals surface area (Å²) in [6, 6.07) is 11.4. The van der Waals surface area contributed by atoms with Crippen molar-refractivity contribution in [2.24, 2.45) is 0 Å². The summed E-state index contributed by atoms with van der Waals surface area (Å²) >= 11 is 0. The molecule has 2 rings (SSSR count). The van der Waals surface area contributed by atoms with Crippen molar-refractivity contribution in [2.75, 3.05) is 13.7 Å². The zero-order chi connectivity index (χ0) is 13.0. The quantitative estimate of drug-likeness (QED) is 0.769. The average molecular weight is 239 g/mol. The Bertz CT molecular complexity index is 626. The first-order valence-corrected chi connectivity index (χ1v) is 5.54. The maximum Gasteiger partial charge on any atom is 0.169 e. The van der Waals surface area contributed by atoms with E-state index in [1.807, 2.05) is 18.2 Å². The van der Waals surface area contributed by atoms with E-state index in [9.17, 15) is 0 Å². The summed E-state index contributed by atoms with van der Waals surface area (Å²) in [5.74, 6) is 1.30. The Morgan fingerprint density at radius 2 is 2.11 bits per heavy atom. The van der Waals surface area contributed by atoms with Gasteiger partial charge >= 0.3 is 0 Å². The van der Waals surface area contributed by atoms with Crippen molar-refractivity contribution in [1.82, 2.24) is 0 Å². The Hall–Kier alpha value is -2.47. The largest absolute Gasteiger partial charge is 0.493 e. The zero-order valence-electron chi connectivity index (χ0n) is 10.1. The van der Waals surface area contributed by atoms with Gasteiger partial charge < -0.3 is 9.47 Å². The molecular weight excluding hydrogens is 226 g/mol. The highest BCUT2D eigenvalue weighted by atomic mass is 16.5. The van der Waals surface area contributed by atoms with Crippen molar-refractivity contribution in [3.8, 4) is 17.6 Å². The SMILES string of the molecule is C=CCOc1c(OC)ccc2ccc(C#N)cc12. The summed E-state index contributed by atoms with van der Waals surface area (Å²) in [7, 11) is 1.59. The predicted molar refractivity (Wildman–Crippen MR) is 70.9 cm³/mol. The first-order valence-electron chi connectivity index (χ1n) is 5.54. The molecular formula is C15H13NO2.